The molecule has 0 spiro atoms. The molecule has 0 saturated carbocycles. The molecule has 1 aromatic heterocycles. The quantitative estimate of drug-likeness (QED) is 0.284. The maximum absolute atomic E-state index is 16.0. The van der Waals surface area contributed by atoms with E-state index in [4.69, 9.17) is 13.7 Å². The number of nitrogens with one attached hydrogen (secondary N) is 1. The highest BCUT2D eigenvalue weighted by molar-refractivity contribution is 6.78. The van der Waals surface area contributed by atoms with Crippen LogP contribution in [0.2, 0.25) is 16.6 Å². The van der Waals surface area contributed by atoms with E-state index in [0.29, 0.717) is 23.2 Å². The van der Waals surface area contributed by atoms with Crippen molar-refractivity contribution in [2.45, 2.75) is 71.1 Å². The first-order chi connectivity index (χ1) is 17.0. The Hall–Kier alpha value is -3.38. The largest absolute Gasteiger partial charge is 0.541 e. The number of benzene rings is 2. The van der Waals surface area contributed by atoms with Crippen molar-refractivity contribution in [2.75, 3.05) is 12.4 Å². The topological polar surface area (TPSA) is 93.2 Å². The molecule has 1 atom stereocenters. The molecule has 9 heteroatoms. The zero-order chi connectivity index (χ0) is 26.6. The van der Waals surface area contributed by atoms with E-state index in [-0.39, 0.29) is 27.9 Å². The molecule has 36 heavy (non-hydrogen) atoms. The number of ether oxygens (including phenoxy) is 1. The summed E-state index contributed by atoms with van der Waals surface area (Å²) < 4.78 is 33.1. The van der Waals surface area contributed by atoms with E-state index in [1.165, 1.54) is 7.11 Å². The Bertz CT molecular complexity index is 1200. The molecule has 0 fully saturated rings. The first-order valence-corrected chi connectivity index (χ1v) is 14.3. The molecule has 192 valence electrons. The van der Waals surface area contributed by atoms with Crippen LogP contribution in [-0.2, 0) is 0 Å². The van der Waals surface area contributed by atoms with Gasteiger partial charge in [-0.15, -0.1) is 0 Å². The monoisotopic (exact) mass is 510 g/mol. The number of nitriles is 1. The molecule has 1 heterocycles. The van der Waals surface area contributed by atoms with Crippen molar-refractivity contribution >= 4 is 14.0 Å². The van der Waals surface area contributed by atoms with Crippen LogP contribution >= 0.6 is 0 Å². The van der Waals surface area contributed by atoms with Crippen LogP contribution in [0, 0.1) is 24.1 Å². The van der Waals surface area contributed by atoms with Gasteiger partial charge in [-0.1, -0.05) is 46.7 Å². The van der Waals surface area contributed by atoms with Gasteiger partial charge in [0, 0.05) is 29.8 Å². The Morgan fingerprint density at radius 2 is 1.64 bits per heavy atom. The number of nitrogens with zero attached hydrogens (tertiary/aromatic N) is 3. The van der Waals surface area contributed by atoms with Crippen molar-refractivity contribution in [3.8, 4) is 29.0 Å². The molecule has 0 bridgehead atoms. The molecule has 0 aliphatic heterocycles. The molecule has 0 aliphatic rings. The zero-order valence-corrected chi connectivity index (χ0v) is 23.2. The van der Waals surface area contributed by atoms with Gasteiger partial charge in [0.15, 0.2) is 5.82 Å². The van der Waals surface area contributed by atoms with Gasteiger partial charge in [-0.3, -0.25) is 0 Å². The molecule has 1 N–H and O–H groups in total. The second kappa shape index (κ2) is 11.1. The number of methoxy groups -OCH3 is 1. The number of hydrogen-bond donors (Lipinski definition) is 1. The lowest BCUT2D eigenvalue weighted by Crippen LogP contribution is -2.50. The Morgan fingerprint density at radius 3 is 2.11 bits per heavy atom. The summed E-state index contributed by atoms with van der Waals surface area (Å²) in [7, 11) is -0.913. The fraction of sp³-hybridized carbons (Fsp3) is 0.444. The molecular formula is C27H35FN4O3Si. The lowest BCUT2D eigenvalue weighted by Gasteiger charge is -2.42. The van der Waals surface area contributed by atoms with Gasteiger partial charge in [-0.2, -0.15) is 10.2 Å². The van der Waals surface area contributed by atoms with Gasteiger partial charge >= 0.3 is 0 Å². The van der Waals surface area contributed by atoms with Crippen LogP contribution in [0.15, 0.2) is 40.9 Å². The van der Waals surface area contributed by atoms with Crippen molar-refractivity contribution in [1.82, 2.24) is 10.1 Å². The summed E-state index contributed by atoms with van der Waals surface area (Å²) in [5.74, 6) is 0.974. The van der Waals surface area contributed by atoms with Gasteiger partial charge in [0.25, 0.3) is 8.32 Å². The van der Waals surface area contributed by atoms with Gasteiger partial charge < -0.3 is 19.0 Å². The highest BCUT2D eigenvalue weighted by Gasteiger charge is 2.47. The average molecular weight is 511 g/mol. The first-order valence-electron chi connectivity index (χ1n) is 12.2. The van der Waals surface area contributed by atoms with Crippen molar-refractivity contribution in [3.63, 3.8) is 0 Å². The van der Waals surface area contributed by atoms with Crippen LogP contribution in [0.4, 0.5) is 10.1 Å². The normalized spacial score (nSPS) is 12.6. The number of halogens is 1. The summed E-state index contributed by atoms with van der Waals surface area (Å²) in [5, 5.41) is 17.0. The van der Waals surface area contributed by atoms with Gasteiger partial charge in [0.2, 0.25) is 11.7 Å². The average Bonchev–Trinajstić information content (AvgIpc) is 3.28. The lowest BCUT2D eigenvalue weighted by atomic mass is 10.1. The van der Waals surface area contributed by atoms with Crippen molar-refractivity contribution in [2.24, 2.45) is 0 Å². The van der Waals surface area contributed by atoms with Gasteiger partial charge in [-0.25, -0.2) is 4.39 Å². The fourth-order valence-electron chi connectivity index (χ4n) is 5.02. The minimum atomic E-state index is -2.43. The summed E-state index contributed by atoms with van der Waals surface area (Å²) in [6, 6.07) is 11.5. The predicted octanol–water partition coefficient (Wildman–Crippen LogP) is 7.42. The summed E-state index contributed by atoms with van der Waals surface area (Å²) in [4.78, 5) is 4.22. The van der Waals surface area contributed by atoms with E-state index in [0.717, 1.165) is 5.56 Å². The highest BCUT2D eigenvalue weighted by Crippen LogP contribution is 2.44. The summed E-state index contributed by atoms with van der Waals surface area (Å²) in [5.41, 5.74) is 2.37. The molecule has 3 rings (SSSR count). The molecule has 2 aromatic carbocycles. The minimum Gasteiger partial charge on any atom is -0.541 e. The third kappa shape index (κ3) is 5.39. The molecule has 0 amide bonds. The van der Waals surface area contributed by atoms with Crippen LogP contribution in [0.1, 0.15) is 59.0 Å². The van der Waals surface area contributed by atoms with E-state index in [1.54, 1.807) is 31.2 Å². The van der Waals surface area contributed by atoms with E-state index in [9.17, 15) is 5.26 Å². The Morgan fingerprint density at radius 1 is 1.03 bits per heavy atom. The van der Waals surface area contributed by atoms with Crippen LogP contribution < -0.4 is 14.5 Å². The smallest absolute Gasteiger partial charge is 0.258 e. The van der Waals surface area contributed by atoms with Gasteiger partial charge in [-0.05, 0) is 47.0 Å². The fourth-order valence-corrected chi connectivity index (χ4v) is 10.3. The Balaban J connectivity index is 1.97. The molecule has 3 aromatic rings. The van der Waals surface area contributed by atoms with Crippen LogP contribution in [-0.4, -0.2) is 25.6 Å². The number of hydrogen-bond acceptors (Lipinski definition) is 7. The third-order valence-electron chi connectivity index (χ3n) is 6.69. The number of aromatic nitrogens is 2. The maximum Gasteiger partial charge on any atom is 0.258 e. The summed E-state index contributed by atoms with van der Waals surface area (Å²) >= 11 is 0. The number of aryl methyl sites for hydroxylation is 1. The SMILES string of the molecule is COc1cc(O[Si](C(C)C)(C(C)C)C(C)C)c(F)c(C(C#N)Nc2ccc(-c3noc(C)n3)cc2)c1. The standard InChI is InChI=1S/C27H35FN4O3Si/c1-16(2)36(17(3)4,18(5)6)35-25-14-22(33-8)13-23(26(25)28)24(15-29)31-21-11-9-20(10-12-21)27-30-19(7)34-32-27/h9-14,16-18,24,31H,1-8H3. The Labute approximate surface area is 213 Å². The summed E-state index contributed by atoms with van der Waals surface area (Å²) in [6.07, 6.45) is 0. The van der Waals surface area contributed by atoms with E-state index in [1.807, 2.05) is 12.1 Å². The molecule has 0 radical (unpaired) electrons. The highest BCUT2D eigenvalue weighted by atomic mass is 28.4. The van der Waals surface area contributed by atoms with Gasteiger partial charge in [0.05, 0.1) is 13.2 Å². The first kappa shape index (κ1) is 27.2. The second-order valence-corrected chi connectivity index (χ2v) is 15.2. The second-order valence-electron chi connectivity index (χ2n) is 9.87. The molecule has 0 aliphatic carbocycles. The van der Waals surface area contributed by atoms with Crippen LogP contribution in [0.25, 0.3) is 11.4 Å². The van der Waals surface area contributed by atoms with Gasteiger partial charge in [0.1, 0.15) is 17.5 Å². The van der Waals surface area contributed by atoms with Crippen LogP contribution in [0.3, 0.4) is 0 Å². The molecule has 1 unspecified atom stereocenters. The maximum atomic E-state index is 16.0. The predicted molar refractivity (Wildman–Crippen MR) is 141 cm³/mol. The van der Waals surface area contributed by atoms with Crippen molar-refractivity contribution < 1.29 is 18.1 Å². The number of rotatable bonds is 10. The Kier molecular flexibility index (Phi) is 8.41. The van der Waals surface area contributed by atoms with E-state index >= 15 is 4.39 Å². The van der Waals surface area contributed by atoms with E-state index < -0.39 is 20.2 Å². The van der Waals surface area contributed by atoms with Crippen LogP contribution in [0.5, 0.6) is 11.5 Å². The molecule has 0 saturated heterocycles. The molecular weight excluding hydrogens is 475 g/mol. The molecule has 7 nitrogen and oxygen atoms in total. The summed E-state index contributed by atoms with van der Waals surface area (Å²) in [6.45, 7) is 14.6. The van der Waals surface area contributed by atoms with Crippen molar-refractivity contribution in [3.05, 3.63) is 53.7 Å². The van der Waals surface area contributed by atoms with Crippen molar-refractivity contribution in [1.29, 1.82) is 5.26 Å². The van der Waals surface area contributed by atoms with E-state index in [2.05, 4.69) is 63.1 Å². The minimum absolute atomic E-state index is 0.136. The zero-order valence-electron chi connectivity index (χ0n) is 22.2. The lowest BCUT2D eigenvalue weighted by molar-refractivity contribution is 0.394. The third-order valence-corrected chi connectivity index (χ3v) is 12.7. The number of anilines is 1.